The zero-order valence-corrected chi connectivity index (χ0v) is 9.04. The summed E-state index contributed by atoms with van der Waals surface area (Å²) in [5, 5.41) is 9.89. The Morgan fingerprint density at radius 3 is 3.00 bits per heavy atom. The summed E-state index contributed by atoms with van der Waals surface area (Å²) in [5.41, 5.74) is 0.594. The van der Waals surface area contributed by atoms with Crippen LogP contribution in [0.4, 0.5) is 4.39 Å². The van der Waals surface area contributed by atoms with Crippen LogP contribution in [0.1, 0.15) is 12.0 Å². The molecule has 0 amide bonds. The monoisotopic (exact) mass is 229 g/mol. The predicted octanol–water partition coefficient (Wildman–Crippen LogP) is 2.05. The first-order valence-corrected chi connectivity index (χ1v) is 5.37. The summed E-state index contributed by atoms with van der Waals surface area (Å²) in [4.78, 5) is 2.03. The molecule has 0 aliphatic carbocycles. The number of aliphatic hydroxyl groups excluding tert-OH is 1. The van der Waals surface area contributed by atoms with Gasteiger partial charge >= 0.3 is 0 Å². The molecule has 1 unspecified atom stereocenters. The van der Waals surface area contributed by atoms with E-state index in [0.717, 1.165) is 13.0 Å². The Morgan fingerprint density at radius 1 is 1.53 bits per heavy atom. The van der Waals surface area contributed by atoms with Gasteiger partial charge in [-0.2, -0.15) is 0 Å². The minimum atomic E-state index is -0.271. The molecule has 2 nitrogen and oxygen atoms in total. The lowest BCUT2D eigenvalue weighted by molar-refractivity contribution is 0.174. The van der Waals surface area contributed by atoms with Gasteiger partial charge in [-0.3, -0.25) is 4.90 Å². The molecule has 1 N–H and O–H groups in total. The third-order valence-corrected chi connectivity index (χ3v) is 2.88. The van der Waals surface area contributed by atoms with E-state index in [1.165, 1.54) is 6.07 Å². The van der Waals surface area contributed by atoms with Gasteiger partial charge in [-0.1, -0.05) is 11.6 Å². The molecule has 4 heteroatoms. The first-order valence-electron chi connectivity index (χ1n) is 4.99. The van der Waals surface area contributed by atoms with Crippen LogP contribution < -0.4 is 0 Å². The summed E-state index contributed by atoms with van der Waals surface area (Å²) in [6.45, 7) is 1.95. The SMILES string of the molecule is OC1CCN(Cc2cc(Cl)ccc2F)C1. The van der Waals surface area contributed by atoms with Gasteiger partial charge < -0.3 is 5.11 Å². The van der Waals surface area contributed by atoms with Crippen LogP contribution in [-0.2, 0) is 6.54 Å². The largest absolute Gasteiger partial charge is 0.392 e. The Morgan fingerprint density at radius 2 is 2.33 bits per heavy atom. The van der Waals surface area contributed by atoms with Crippen LogP contribution in [0, 0.1) is 5.82 Å². The maximum atomic E-state index is 13.4. The Hall–Kier alpha value is -0.640. The number of hydrogen-bond donors (Lipinski definition) is 1. The van der Waals surface area contributed by atoms with E-state index in [2.05, 4.69) is 0 Å². The molecule has 1 atom stereocenters. The molecule has 0 saturated carbocycles. The van der Waals surface area contributed by atoms with Crippen LogP contribution in [0.25, 0.3) is 0 Å². The maximum Gasteiger partial charge on any atom is 0.127 e. The molecule has 0 radical (unpaired) electrons. The Labute approximate surface area is 93.3 Å². The molecule has 0 bridgehead atoms. The number of aliphatic hydroxyl groups is 1. The summed E-state index contributed by atoms with van der Waals surface area (Å²) in [6, 6.07) is 4.56. The first kappa shape index (κ1) is 10.9. The fourth-order valence-corrected chi connectivity index (χ4v) is 2.06. The third-order valence-electron chi connectivity index (χ3n) is 2.65. The number of β-amino-alcohol motifs (C(OH)–C–C–N with tert-alkyl or cyclic N) is 1. The van der Waals surface area contributed by atoms with Crippen LogP contribution in [0.2, 0.25) is 5.02 Å². The number of rotatable bonds is 2. The molecule has 1 fully saturated rings. The molecule has 0 spiro atoms. The zero-order valence-electron chi connectivity index (χ0n) is 8.29. The van der Waals surface area contributed by atoms with Crippen LogP contribution in [-0.4, -0.2) is 29.2 Å². The maximum absolute atomic E-state index is 13.4. The van der Waals surface area contributed by atoms with E-state index in [1.54, 1.807) is 12.1 Å². The second-order valence-electron chi connectivity index (χ2n) is 3.91. The fourth-order valence-electron chi connectivity index (χ4n) is 1.86. The molecule has 1 heterocycles. The third kappa shape index (κ3) is 2.68. The Kier molecular flexibility index (Phi) is 3.24. The average molecular weight is 230 g/mol. The topological polar surface area (TPSA) is 23.5 Å². The van der Waals surface area contributed by atoms with E-state index in [4.69, 9.17) is 11.6 Å². The van der Waals surface area contributed by atoms with Gasteiger partial charge in [0.15, 0.2) is 0 Å². The minimum Gasteiger partial charge on any atom is -0.392 e. The summed E-state index contributed by atoms with van der Waals surface area (Å²) in [7, 11) is 0. The van der Waals surface area contributed by atoms with Gasteiger partial charge in [0.25, 0.3) is 0 Å². The first-order chi connectivity index (χ1) is 7.15. The van der Waals surface area contributed by atoms with Crippen LogP contribution in [0.15, 0.2) is 18.2 Å². The average Bonchev–Trinajstić information content (AvgIpc) is 2.58. The smallest absolute Gasteiger partial charge is 0.127 e. The van der Waals surface area contributed by atoms with Gasteiger partial charge in [0.05, 0.1) is 6.10 Å². The van der Waals surface area contributed by atoms with Crippen molar-refractivity contribution in [3.63, 3.8) is 0 Å². The molecule has 15 heavy (non-hydrogen) atoms. The van der Waals surface area contributed by atoms with Gasteiger partial charge in [0.1, 0.15) is 5.82 Å². The second-order valence-corrected chi connectivity index (χ2v) is 4.35. The molecule has 1 saturated heterocycles. The van der Waals surface area contributed by atoms with Gasteiger partial charge in [-0.05, 0) is 24.6 Å². The normalized spacial score (nSPS) is 22.2. The van der Waals surface area contributed by atoms with Gasteiger partial charge in [-0.25, -0.2) is 4.39 Å². The highest BCUT2D eigenvalue weighted by molar-refractivity contribution is 6.30. The Bertz CT molecular complexity index is 358. The van der Waals surface area contributed by atoms with E-state index < -0.39 is 0 Å². The number of benzene rings is 1. The van der Waals surface area contributed by atoms with Crippen molar-refractivity contribution in [1.82, 2.24) is 4.90 Å². The summed E-state index contributed by atoms with van der Waals surface area (Å²) in [5.74, 6) is -0.235. The molecule has 1 aliphatic heterocycles. The Balaban J connectivity index is 2.07. The van der Waals surface area contributed by atoms with Crippen molar-refractivity contribution in [1.29, 1.82) is 0 Å². The summed E-state index contributed by atoms with van der Waals surface area (Å²) < 4.78 is 13.4. The van der Waals surface area contributed by atoms with E-state index in [1.807, 2.05) is 4.90 Å². The van der Waals surface area contributed by atoms with Crippen molar-refractivity contribution >= 4 is 11.6 Å². The van der Waals surface area contributed by atoms with Crippen molar-refractivity contribution in [3.8, 4) is 0 Å². The molecule has 82 valence electrons. The molecule has 0 aromatic heterocycles. The lowest BCUT2D eigenvalue weighted by Gasteiger charge is -2.15. The van der Waals surface area contributed by atoms with Crippen LogP contribution in [0.3, 0.4) is 0 Å². The van der Waals surface area contributed by atoms with Gasteiger partial charge in [0, 0.05) is 30.2 Å². The zero-order chi connectivity index (χ0) is 10.8. The molecule has 2 rings (SSSR count). The van der Waals surface area contributed by atoms with Crippen molar-refractivity contribution < 1.29 is 9.50 Å². The van der Waals surface area contributed by atoms with Crippen molar-refractivity contribution in [2.75, 3.05) is 13.1 Å². The number of nitrogens with zero attached hydrogens (tertiary/aromatic N) is 1. The molecular weight excluding hydrogens is 217 g/mol. The highest BCUT2D eigenvalue weighted by atomic mass is 35.5. The molecular formula is C11H13ClFNO. The quantitative estimate of drug-likeness (QED) is 0.839. The van der Waals surface area contributed by atoms with E-state index in [-0.39, 0.29) is 11.9 Å². The second kappa shape index (κ2) is 4.47. The van der Waals surface area contributed by atoms with Crippen LogP contribution in [0.5, 0.6) is 0 Å². The van der Waals surface area contributed by atoms with E-state index in [0.29, 0.717) is 23.7 Å². The van der Waals surface area contributed by atoms with Gasteiger partial charge in [0.2, 0.25) is 0 Å². The summed E-state index contributed by atoms with van der Waals surface area (Å²) in [6.07, 6.45) is 0.495. The molecule has 1 aromatic carbocycles. The van der Waals surface area contributed by atoms with Crippen LogP contribution >= 0.6 is 11.6 Å². The van der Waals surface area contributed by atoms with Crippen molar-refractivity contribution in [2.45, 2.75) is 19.1 Å². The van der Waals surface area contributed by atoms with Gasteiger partial charge in [-0.15, -0.1) is 0 Å². The molecule has 1 aromatic rings. The summed E-state index contributed by atoms with van der Waals surface area (Å²) >= 11 is 5.80. The highest BCUT2D eigenvalue weighted by Crippen LogP contribution is 2.19. The lowest BCUT2D eigenvalue weighted by atomic mass is 10.2. The number of likely N-dealkylation sites (tertiary alicyclic amines) is 1. The fraction of sp³-hybridized carbons (Fsp3) is 0.455. The highest BCUT2D eigenvalue weighted by Gasteiger charge is 2.20. The number of hydrogen-bond acceptors (Lipinski definition) is 2. The standard InChI is InChI=1S/C11H13ClFNO/c12-9-1-2-11(13)8(5-9)6-14-4-3-10(15)7-14/h1-2,5,10,15H,3-4,6-7H2. The van der Waals surface area contributed by atoms with Crippen molar-refractivity contribution in [2.24, 2.45) is 0 Å². The van der Waals surface area contributed by atoms with Crippen molar-refractivity contribution in [3.05, 3.63) is 34.6 Å². The van der Waals surface area contributed by atoms with E-state index in [9.17, 15) is 9.50 Å². The number of halogens is 2. The van der Waals surface area contributed by atoms with E-state index >= 15 is 0 Å². The molecule has 1 aliphatic rings. The predicted molar refractivity (Wildman–Crippen MR) is 57.3 cm³/mol. The lowest BCUT2D eigenvalue weighted by Crippen LogP contribution is -2.22. The minimum absolute atomic E-state index is 0.235.